The molecule has 0 saturated carbocycles. The van der Waals surface area contributed by atoms with Crippen LogP contribution in [0.1, 0.15) is 29.0 Å². The van der Waals surface area contributed by atoms with Crippen LogP contribution in [0.5, 0.6) is 5.75 Å². The van der Waals surface area contributed by atoms with Crippen LogP contribution in [0.15, 0.2) is 35.1 Å². The molecule has 5 rings (SSSR count). The quantitative estimate of drug-likeness (QED) is 0.560. The highest BCUT2D eigenvalue weighted by molar-refractivity contribution is 5.61. The number of hydrogen-bond donors (Lipinski definition) is 1. The number of imidazole rings is 1. The Kier molecular flexibility index (Phi) is 3.76. The van der Waals surface area contributed by atoms with Gasteiger partial charge in [0, 0.05) is 24.9 Å². The van der Waals surface area contributed by atoms with Crippen LogP contribution in [-0.2, 0) is 12.6 Å². The van der Waals surface area contributed by atoms with Crippen molar-refractivity contribution in [2.24, 2.45) is 0 Å². The molecule has 0 fully saturated rings. The third-order valence-corrected chi connectivity index (χ3v) is 4.81. The molecule has 4 aromatic rings. The first-order valence-corrected chi connectivity index (χ1v) is 8.67. The third kappa shape index (κ3) is 2.79. The van der Waals surface area contributed by atoms with E-state index in [1.54, 1.807) is 47.2 Å². The highest BCUT2D eigenvalue weighted by atomic mass is 19.4. The Bertz CT molecular complexity index is 1180. The second-order valence-corrected chi connectivity index (χ2v) is 6.48. The number of aromatic amines is 1. The standard InChI is InChI=1S/C17H14F3N7O2/c1-28-12-3-2-5-27-11(12)7-10(25-27)14-13-9(21-8-22-13)4-6-26(14)16-24-23-15(29-16)17(18,19)20/h2-3,5,7-8,14H,4,6H2,1H3,(H,21,22)/t14-/m0/s1. The van der Waals surface area contributed by atoms with Crippen LogP contribution in [0, 0.1) is 0 Å². The van der Waals surface area contributed by atoms with Crippen molar-refractivity contribution >= 4 is 11.5 Å². The van der Waals surface area contributed by atoms with Gasteiger partial charge in [0.25, 0.3) is 0 Å². The second kappa shape index (κ2) is 6.22. The van der Waals surface area contributed by atoms with Gasteiger partial charge >= 0.3 is 18.1 Å². The second-order valence-electron chi connectivity index (χ2n) is 6.48. The molecule has 1 atom stereocenters. The lowest BCUT2D eigenvalue weighted by molar-refractivity contribution is -0.157. The van der Waals surface area contributed by atoms with Gasteiger partial charge in [-0.15, -0.1) is 5.10 Å². The Balaban J connectivity index is 1.64. The number of aromatic nitrogens is 6. The summed E-state index contributed by atoms with van der Waals surface area (Å²) in [5, 5.41) is 11.4. The SMILES string of the molecule is COc1cccn2nc([C@H]3c4nc[nH]c4CCN3c3nnc(C(F)(F)F)o3)cc12. The normalized spacial score (nSPS) is 17.0. The minimum Gasteiger partial charge on any atom is -0.494 e. The van der Waals surface area contributed by atoms with Gasteiger partial charge in [0.1, 0.15) is 17.3 Å². The van der Waals surface area contributed by atoms with Crippen LogP contribution >= 0.6 is 0 Å². The molecule has 4 aromatic heterocycles. The average Bonchev–Trinajstić information content (AvgIpc) is 3.44. The molecule has 12 heteroatoms. The third-order valence-electron chi connectivity index (χ3n) is 4.81. The first-order chi connectivity index (χ1) is 14.0. The number of methoxy groups -OCH3 is 1. The molecule has 150 valence electrons. The van der Waals surface area contributed by atoms with Crippen molar-refractivity contribution in [1.29, 1.82) is 0 Å². The zero-order valence-electron chi connectivity index (χ0n) is 15.0. The highest BCUT2D eigenvalue weighted by Crippen LogP contribution is 2.38. The van der Waals surface area contributed by atoms with Crippen LogP contribution in [0.25, 0.3) is 5.52 Å². The van der Waals surface area contributed by atoms with Gasteiger partial charge in [-0.3, -0.25) is 0 Å². The van der Waals surface area contributed by atoms with E-state index in [2.05, 4.69) is 25.3 Å². The monoisotopic (exact) mass is 405 g/mol. The molecule has 1 N–H and O–H groups in total. The van der Waals surface area contributed by atoms with Crippen molar-refractivity contribution in [3.05, 3.63) is 53.7 Å². The number of anilines is 1. The average molecular weight is 405 g/mol. The number of H-pyrrole nitrogens is 1. The summed E-state index contributed by atoms with van der Waals surface area (Å²) in [4.78, 5) is 9.02. The number of fused-ring (bicyclic) bond motifs is 2. The largest absolute Gasteiger partial charge is 0.494 e. The van der Waals surface area contributed by atoms with E-state index in [1.165, 1.54) is 0 Å². The molecular weight excluding hydrogens is 391 g/mol. The molecule has 1 aliphatic rings. The summed E-state index contributed by atoms with van der Waals surface area (Å²) < 4.78 is 50.8. The number of nitrogens with one attached hydrogen (secondary N) is 1. The van der Waals surface area contributed by atoms with Crippen LogP contribution in [0.4, 0.5) is 19.2 Å². The summed E-state index contributed by atoms with van der Waals surface area (Å²) in [6.45, 7) is 0.352. The number of rotatable bonds is 3. The summed E-state index contributed by atoms with van der Waals surface area (Å²) >= 11 is 0. The number of hydrogen-bond acceptors (Lipinski definition) is 7. The molecule has 0 aliphatic carbocycles. The lowest BCUT2D eigenvalue weighted by Crippen LogP contribution is -2.37. The first kappa shape index (κ1) is 17.5. The molecule has 0 amide bonds. The summed E-state index contributed by atoms with van der Waals surface area (Å²) in [6, 6.07) is 4.56. The van der Waals surface area contributed by atoms with E-state index < -0.39 is 18.1 Å². The predicted molar refractivity (Wildman–Crippen MR) is 92.5 cm³/mol. The Morgan fingerprint density at radius 3 is 2.93 bits per heavy atom. The fraction of sp³-hybridized carbons (Fsp3) is 0.294. The van der Waals surface area contributed by atoms with Crippen LogP contribution in [-0.4, -0.2) is 43.4 Å². The van der Waals surface area contributed by atoms with Crippen molar-refractivity contribution in [1.82, 2.24) is 29.8 Å². The maximum Gasteiger partial charge on any atom is 0.470 e. The molecule has 5 heterocycles. The topological polar surface area (TPSA) is 97.4 Å². The van der Waals surface area contributed by atoms with Gasteiger partial charge in [0.15, 0.2) is 0 Å². The van der Waals surface area contributed by atoms with E-state index >= 15 is 0 Å². The molecule has 0 saturated heterocycles. The summed E-state index contributed by atoms with van der Waals surface area (Å²) in [7, 11) is 1.55. The summed E-state index contributed by atoms with van der Waals surface area (Å²) in [5.41, 5.74) is 2.81. The molecular formula is C17H14F3N7O2. The number of ether oxygens (including phenoxy) is 1. The minimum absolute atomic E-state index is 0.236. The number of pyridine rings is 1. The zero-order chi connectivity index (χ0) is 20.2. The smallest absolute Gasteiger partial charge is 0.470 e. The fourth-order valence-electron chi connectivity index (χ4n) is 3.54. The Morgan fingerprint density at radius 1 is 1.31 bits per heavy atom. The Labute approximate surface area is 161 Å². The van der Waals surface area contributed by atoms with Gasteiger partial charge in [-0.25, -0.2) is 9.50 Å². The van der Waals surface area contributed by atoms with Crippen LogP contribution < -0.4 is 9.64 Å². The molecule has 0 bridgehead atoms. The molecule has 0 spiro atoms. The lowest BCUT2D eigenvalue weighted by Gasteiger charge is -2.32. The van der Waals surface area contributed by atoms with E-state index in [4.69, 9.17) is 9.15 Å². The molecule has 29 heavy (non-hydrogen) atoms. The van der Waals surface area contributed by atoms with Gasteiger partial charge in [-0.05, 0) is 18.2 Å². The van der Waals surface area contributed by atoms with Crippen LogP contribution in [0.2, 0.25) is 0 Å². The maximum atomic E-state index is 12.9. The number of halogens is 3. The Hall–Kier alpha value is -3.57. The van der Waals surface area contributed by atoms with E-state index in [0.29, 0.717) is 35.6 Å². The zero-order valence-corrected chi connectivity index (χ0v) is 15.0. The van der Waals surface area contributed by atoms with Crippen molar-refractivity contribution in [3.8, 4) is 5.75 Å². The lowest BCUT2D eigenvalue weighted by atomic mass is 10.0. The molecule has 1 aliphatic heterocycles. The van der Waals surface area contributed by atoms with Gasteiger partial charge in [0.2, 0.25) is 0 Å². The molecule has 0 radical (unpaired) electrons. The van der Waals surface area contributed by atoms with Crippen molar-refractivity contribution in [2.45, 2.75) is 18.6 Å². The van der Waals surface area contributed by atoms with E-state index in [1.807, 2.05) is 0 Å². The van der Waals surface area contributed by atoms with Crippen molar-refractivity contribution in [3.63, 3.8) is 0 Å². The Morgan fingerprint density at radius 2 is 2.17 bits per heavy atom. The van der Waals surface area contributed by atoms with E-state index in [9.17, 15) is 13.2 Å². The summed E-state index contributed by atoms with van der Waals surface area (Å²) in [5.74, 6) is -0.774. The van der Waals surface area contributed by atoms with Gasteiger partial charge in [0.05, 0.1) is 24.8 Å². The van der Waals surface area contributed by atoms with Gasteiger partial charge < -0.3 is 19.0 Å². The van der Waals surface area contributed by atoms with Crippen molar-refractivity contribution < 1.29 is 22.3 Å². The number of alkyl halides is 3. The van der Waals surface area contributed by atoms with Gasteiger partial charge in [-0.2, -0.15) is 18.3 Å². The molecule has 0 aromatic carbocycles. The molecule has 9 nitrogen and oxygen atoms in total. The minimum atomic E-state index is -4.72. The fourth-order valence-corrected chi connectivity index (χ4v) is 3.54. The van der Waals surface area contributed by atoms with Crippen molar-refractivity contribution in [2.75, 3.05) is 18.6 Å². The van der Waals surface area contributed by atoms with E-state index in [0.717, 1.165) is 5.69 Å². The van der Waals surface area contributed by atoms with Gasteiger partial charge in [-0.1, -0.05) is 5.10 Å². The predicted octanol–water partition coefficient (Wildman–Crippen LogP) is 2.62. The molecule has 0 unspecified atom stereocenters. The highest BCUT2D eigenvalue weighted by Gasteiger charge is 2.41. The van der Waals surface area contributed by atoms with E-state index in [-0.39, 0.29) is 6.01 Å². The first-order valence-electron chi connectivity index (χ1n) is 8.67. The van der Waals surface area contributed by atoms with Crippen LogP contribution in [0.3, 0.4) is 0 Å². The summed E-state index contributed by atoms with van der Waals surface area (Å²) in [6.07, 6.45) is -0.877. The maximum absolute atomic E-state index is 12.9. The number of nitrogens with zero attached hydrogens (tertiary/aromatic N) is 6.